The van der Waals surface area contributed by atoms with Crippen LogP contribution in [-0.2, 0) is 9.59 Å². The molecule has 1 aromatic carbocycles. The second-order valence-corrected chi connectivity index (χ2v) is 5.33. The molecule has 1 aromatic heterocycles. The zero-order chi connectivity index (χ0) is 16.2. The lowest BCUT2D eigenvalue weighted by Gasteiger charge is -2.17. The molecule has 1 aliphatic rings. The lowest BCUT2D eigenvalue weighted by molar-refractivity contribution is -0.122. The maximum absolute atomic E-state index is 12.3. The molecule has 23 heavy (non-hydrogen) atoms. The largest absolute Gasteiger partial charge is 0.497 e. The highest BCUT2D eigenvalue weighted by Gasteiger charge is 2.35. The summed E-state index contributed by atoms with van der Waals surface area (Å²) in [6.45, 7) is 0.364. The van der Waals surface area contributed by atoms with E-state index in [0.29, 0.717) is 18.0 Å². The molecule has 0 spiro atoms. The van der Waals surface area contributed by atoms with Gasteiger partial charge in [-0.3, -0.25) is 14.6 Å². The first-order valence-electron chi connectivity index (χ1n) is 7.32. The first-order valence-corrected chi connectivity index (χ1v) is 7.32. The monoisotopic (exact) mass is 311 g/mol. The van der Waals surface area contributed by atoms with Gasteiger partial charge in [0.25, 0.3) is 0 Å². The summed E-state index contributed by atoms with van der Waals surface area (Å²) >= 11 is 0. The molecule has 2 amide bonds. The van der Waals surface area contributed by atoms with Crippen molar-refractivity contribution in [3.05, 3.63) is 48.8 Å². The van der Waals surface area contributed by atoms with Crippen LogP contribution in [0.3, 0.4) is 0 Å². The number of nitrogens with one attached hydrogen (secondary N) is 1. The van der Waals surface area contributed by atoms with Crippen LogP contribution in [0.1, 0.15) is 6.42 Å². The summed E-state index contributed by atoms with van der Waals surface area (Å²) in [6.07, 6.45) is 3.42. The molecule has 1 saturated heterocycles. The van der Waals surface area contributed by atoms with Crippen molar-refractivity contribution in [2.75, 3.05) is 23.9 Å². The van der Waals surface area contributed by atoms with Crippen LogP contribution >= 0.6 is 0 Å². The van der Waals surface area contributed by atoms with E-state index in [9.17, 15) is 9.59 Å². The zero-order valence-corrected chi connectivity index (χ0v) is 12.7. The van der Waals surface area contributed by atoms with Crippen LogP contribution in [0.15, 0.2) is 48.8 Å². The van der Waals surface area contributed by atoms with Gasteiger partial charge >= 0.3 is 0 Å². The average molecular weight is 311 g/mol. The molecule has 0 bridgehead atoms. The third-order valence-corrected chi connectivity index (χ3v) is 3.81. The Balaban J connectivity index is 1.70. The second kappa shape index (κ2) is 6.48. The number of nitrogens with zero attached hydrogens (tertiary/aromatic N) is 2. The molecule has 1 atom stereocenters. The highest BCUT2D eigenvalue weighted by atomic mass is 16.5. The summed E-state index contributed by atoms with van der Waals surface area (Å²) in [5.41, 5.74) is 1.42. The van der Waals surface area contributed by atoms with Crippen molar-refractivity contribution in [3.8, 4) is 5.75 Å². The van der Waals surface area contributed by atoms with Crippen molar-refractivity contribution in [1.29, 1.82) is 0 Å². The number of carbonyl (C=O) groups excluding carboxylic acids is 2. The summed E-state index contributed by atoms with van der Waals surface area (Å²) in [7, 11) is 1.58. The minimum Gasteiger partial charge on any atom is -0.497 e. The normalized spacial score (nSPS) is 17.2. The van der Waals surface area contributed by atoms with Crippen molar-refractivity contribution in [2.24, 2.45) is 5.92 Å². The van der Waals surface area contributed by atoms with Gasteiger partial charge in [0, 0.05) is 42.8 Å². The van der Waals surface area contributed by atoms with E-state index in [2.05, 4.69) is 10.3 Å². The van der Waals surface area contributed by atoms with Crippen molar-refractivity contribution in [3.63, 3.8) is 0 Å². The van der Waals surface area contributed by atoms with E-state index in [-0.39, 0.29) is 24.2 Å². The average Bonchev–Trinajstić information content (AvgIpc) is 2.98. The predicted octanol–water partition coefficient (Wildman–Crippen LogP) is 2.08. The summed E-state index contributed by atoms with van der Waals surface area (Å²) in [5.74, 6) is 0.0879. The number of carbonyl (C=O) groups is 2. The molecule has 1 fully saturated rings. The molecule has 0 saturated carbocycles. The number of ether oxygens (including phenoxy) is 1. The van der Waals surface area contributed by atoms with E-state index in [1.165, 1.54) is 0 Å². The molecule has 118 valence electrons. The molecule has 2 aromatic rings. The molecule has 0 unspecified atom stereocenters. The van der Waals surface area contributed by atoms with E-state index in [1.54, 1.807) is 42.6 Å². The Morgan fingerprint density at radius 2 is 2.09 bits per heavy atom. The molecule has 6 nitrogen and oxygen atoms in total. The quantitative estimate of drug-likeness (QED) is 0.938. The number of hydrogen-bond donors (Lipinski definition) is 1. The first-order chi connectivity index (χ1) is 11.2. The number of methoxy groups -OCH3 is 1. The van der Waals surface area contributed by atoms with Gasteiger partial charge in [-0.1, -0.05) is 6.07 Å². The topological polar surface area (TPSA) is 71.5 Å². The van der Waals surface area contributed by atoms with Crippen LogP contribution in [0.25, 0.3) is 0 Å². The highest BCUT2D eigenvalue weighted by molar-refractivity contribution is 6.03. The number of benzene rings is 1. The fourth-order valence-corrected chi connectivity index (χ4v) is 2.59. The molecule has 1 N–H and O–H groups in total. The third kappa shape index (κ3) is 3.31. The van der Waals surface area contributed by atoms with Gasteiger partial charge in [0.1, 0.15) is 5.75 Å². The van der Waals surface area contributed by atoms with E-state index >= 15 is 0 Å². The molecule has 2 heterocycles. The number of anilines is 2. The van der Waals surface area contributed by atoms with Crippen LogP contribution in [0.5, 0.6) is 5.75 Å². The van der Waals surface area contributed by atoms with Crippen molar-refractivity contribution in [2.45, 2.75) is 6.42 Å². The standard InChI is InChI=1S/C17H17N3O3/c1-23-15-4-2-3-14(10-15)20-11-12(9-16(20)21)17(22)19-13-5-7-18-8-6-13/h2-8,10,12H,9,11H2,1H3,(H,18,19,22)/t12-/m0/s1. The number of rotatable bonds is 4. The van der Waals surface area contributed by atoms with Gasteiger partial charge in [0.15, 0.2) is 0 Å². The van der Waals surface area contributed by atoms with Crippen molar-refractivity contribution in [1.82, 2.24) is 4.98 Å². The molecular weight excluding hydrogens is 294 g/mol. The lowest BCUT2D eigenvalue weighted by Crippen LogP contribution is -2.28. The maximum Gasteiger partial charge on any atom is 0.229 e. The van der Waals surface area contributed by atoms with Gasteiger partial charge in [-0.15, -0.1) is 0 Å². The van der Waals surface area contributed by atoms with Crippen LogP contribution in [0.4, 0.5) is 11.4 Å². The SMILES string of the molecule is COc1cccc(N2C[C@@H](C(=O)Nc3ccncc3)CC2=O)c1. The fourth-order valence-electron chi connectivity index (χ4n) is 2.59. The maximum atomic E-state index is 12.3. The third-order valence-electron chi connectivity index (χ3n) is 3.81. The Morgan fingerprint density at radius 1 is 1.30 bits per heavy atom. The molecule has 1 aliphatic heterocycles. The van der Waals surface area contributed by atoms with E-state index in [4.69, 9.17) is 4.74 Å². The summed E-state index contributed by atoms with van der Waals surface area (Å²) < 4.78 is 5.18. The minimum absolute atomic E-state index is 0.0619. The number of aromatic nitrogens is 1. The number of amides is 2. The molecule has 0 radical (unpaired) electrons. The van der Waals surface area contributed by atoms with Gasteiger partial charge in [-0.05, 0) is 24.3 Å². The number of hydrogen-bond acceptors (Lipinski definition) is 4. The predicted molar refractivity (Wildman–Crippen MR) is 86.3 cm³/mol. The first kappa shape index (κ1) is 15.0. The van der Waals surface area contributed by atoms with Gasteiger partial charge in [-0.25, -0.2) is 0 Å². The summed E-state index contributed by atoms with van der Waals surface area (Å²) in [5, 5.41) is 2.82. The van der Waals surface area contributed by atoms with Crippen LogP contribution in [0, 0.1) is 5.92 Å². The van der Waals surface area contributed by atoms with E-state index < -0.39 is 0 Å². The molecule has 6 heteroatoms. The van der Waals surface area contributed by atoms with Gasteiger partial charge in [-0.2, -0.15) is 0 Å². The van der Waals surface area contributed by atoms with Crippen LogP contribution in [-0.4, -0.2) is 30.5 Å². The lowest BCUT2D eigenvalue weighted by atomic mass is 10.1. The molecular formula is C17H17N3O3. The Bertz CT molecular complexity index is 718. The zero-order valence-electron chi connectivity index (χ0n) is 12.7. The van der Waals surface area contributed by atoms with Crippen molar-refractivity contribution < 1.29 is 14.3 Å². The highest BCUT2D eigenvalue weighted by Crippen LogP contribution is 2.28. The van der Waals surface area contributed by atoms with Gasteiger partial charge in [0.2, 0.25) is 11.8 Å². The smallest absolute Gasteiger partial charge is 0.229 e. The summed E-state index contributed by atoms with van der Waals surface area (Å²) in [6, 6.07) is 10.7. The number of pyridine rings is 1. The summed E-state index contributed by atoms with van der Waals surface area (Å²) in [4.78, 5) is 30.1. The van der Waals surface area contributed by atoms with Gasteiger partial charge in [0.05, 0.1) is 13.0 Å². The Morgan fingerprint density at radius 3 is 2.83 bits per heavy atom. The Kier molecular flexibility index (Phi) is 4.23. The Hall–Kier alpha value is -2.89. The van der Waals surface area contributed by atoms with E-state index in [1.807, 2.05) is 18.2 Å². The Labute approximate surface area is 134 Å². The fraction of sp³-hybridized carbons (Fsp3) is 0.235. The van der Waals surface area contributed by atoms with Gasteiger partial charge < -0.3 is 15.0 Å². The van der Waals surface area contributed by atoms with Crippen LogP contribution in [0.2, 0.25) is 0 Å². The van der Waals surface area contributed by atoms with E-state index in [0.717, 1.165) is 5.69 Å². The molecule has 3 rings (SSSR count). The van der Waals surface area contributed by atoms with Crippen LogP contribution < -0.4 is 15.0 Å². The van der Waals surface area contributed by atoms with Crippen molar-refractivity contribution >= 4 is 23.2 Å². The molecule has 0 aliphatic carbocycles. The second-order valence-electron chi connectivity index (χ2n) is 5.33. The minimum atomic E-state index is -0.373.